The Bertz CT molecular complexity index is 1390. The molecule has 1 saturated heterocycles. The van der Waals surface area contributed by atoms with Crippen LogP contribution < -0.4 is 5.32 Å². The molecule has 2 aromatic rings. The molecule has 3 atom stereocenters. The van der Waals surface area contributed by atoms with E-state index in [0.29, 0.717) is 53.3 Å². The van der Waals surface area contributed by atoms with Crippen LogP contribution >= 0.6 is 15.9 Å². The topological polar surface area (TPSA) is 135 Å². The summed E-state index contributed by atoms with van der Waals surface area (Å²) in [6, 6.07) is -0.298. The Kier molecular flexibility index (Phi) is 9.05. The fourth-order valence-corrected chi connectivity index (χ4v) is 5.83. The maximum atomic E-state index is 13.4. The summed E-state index contributed by atoms with van der Waals surface area (Å²) in [5, 5.41) is 17.8. The molecule has 2 aliphatic rings. The molecule has 1 fully saturated rings. The zero-order chi connectivity index (χ0) is 31.0. The molecule has 2 aliphatic heterocycles. The summed E-state index contributed by atoms with van der Waals surface area (Å²) in [5.41, 5.74) is 1.47. The Morgan fingerprint density at radius 1 is 1.10 bits per heavy atom. The predicted octanol–water partition coefficient (Wildman–Crippen LogP) is 5.36. The average Bonchev–Trinajstić information content (AvgIpc) is 3.49. The van der Waals surface area contributed by atoms with E-state index in [9.17, 15) is 9.59 Å². The minimum absolute atomic E-state index is 0.0229. The van der Waals surface area contributed by atoms with E-state index in [1.807, 2.05) is 46.0 Å². The lowest BCUT2D eigenvalue weighted by atomic mass is 9.88. The van der Waals surface area contributed by atoms with E-state index in [1.165, 1.54) is 7.11 Å². The van der Waals surface area contributed by atoms with Crippen molar-refractivity contribution in [3.05, 3.63) is 21.9 Å². The highest BCUT2D eigenvalue weighted by atomic mass is 79.9. The number of carbonyl (C=O) groups excluding carboxylic acids is 2. The van der Waals surface area contributed by atoms with Crippen molar-refractivity contribution in [1.29, 1.82) is 0 Å². The van der Waals surface area contributed by atoms with Crippen LogP contribution in [0.25, 0.3) is 5.65 Å². The number of likely N-dealkylation sites (tertiary alicyclic amines) is 1. The highest BCUT2D eigenvalue weighted by Crippen LogP contribution is 2.39. The van der Waals surface area contributed by atoms with Crippen LogP contribution in [0, 0.1) is 0 Å². The van der Waals surface area contributed by atoms with Gasteiger partial charge in [-0.15, -0.1) is 0 Å². The molecule has 230 valence electrons. The van der Waals surface area contributed by atoms with Gasteiger partial charge in [0.05, 0.1) is 28.1 Å². The number of anilines is 1. The summed E-state index contributed by atoms with van der Waals surface area (Å²) in [5.74, 6) is 0.178. The van der Waals surface area contributed by atoms with Crippen LogP contribution in [0.4, 0.5) is 15.4 Å². The minimum Gasteiger partial charge on any atom is -0.444 e. The summed E-state index contributed by atoms with van der Waals surface area (Å²) in [6.07, 6.45) is 3.88. The van der Waals surface area contributed by atoms with E-state index in [1.54, 1.807) is 36.4 Å². The molecule has 0 saturated carbocycles. The summed E-state index contributed by atoms with van der Waals surface area (Å²) in [7, 11) is 3.39. The van der Waals surface area contributed by atoms with Crippen molar-refractivity contribution < 1.29 is 23.9 Å². The number of rotatable bonds is 5. The number of hydrogen-bond acceptors (Lipinski definition) is 10. The number of hydrazone groups is 1. The third-order valence-corrected chi connectivity index (χ3v) is 7.66. The fraction of sp³-hybridized carbons (Fsp3) is 0.643. The van der Waals surface area contributed by atoms with Gasteiger partial charge in [-0.3, -0.25) is 15.2 Å². The molecule has 4 rings (SSSR count). The van der Waals surface area contributed by atoms with Gasteiger partial charge in [0.25, 0.3) is 0 Å². The maximum absolute atomic E-state index is 13.4. The standard InChI is InChI=1S/C28H41BrN8O5/c1-16(34-40-9)20-11-10-17(15-36(20)26(39)42-28(5,6)7)22-21(29)24(33-25(38)41-27(2,3)4)37-23(32-22)19(13-31-37)18-12-30-35(8)14-18/h12-13,17-18,20H,10-11,14-15H2,1-9H3,(H,33,38)/b34-16+/t17-,18?,20-/m0/s1. The number of fused-ring (bicyclic) bond motifs is 1. The first kappa shape index (κ1) is 31.5. The average molecular weight is 650 g/mol. The van der Waals surface area contributed by atoms with Gasteiger partial charge >= 0.3 is 12.2 Å². The highest BCUT2D eigenvalue weighted by molar-refractivity contribution is 9.10. The number of hydrogen-bond donors (Lipinski definition) is 1. The molecule has 4 heterocycles. The van der Waals surface area contributed by atoms with E-state index in [-0.39, 0.29) is 17.9 Å². The maximum Gasteiger partial charge on any atom is 0.413 e. The van der Waals surface area contributed by atoms with Crippen molar-refractivity contribution in [2.24, 2.45) is 10.3 Å². The highest BCUT2D eigenvalue weighted by Gasteiger charge is 2.39. The van der Waals surface area contributed by atoms with E-state index < -0.39 is 23.4 Å². The van der Waals surface area contributed by atoms with Gasteiger partial charge in [-0.1, -0.05) is 5.16 Å². The van der Waals surface area contributed by atoms with Gasteiger partial charge in [0, 0.05) is 43.8 Å². The second kappa shape index (κ2) is 12.1. The smallest absolute Gasteiger partial charge is 0.413 e. The second-order valence-electron chi connectivity index (χ2n) is 12.7. The van der Waals surface area contributed by atoms with E-state index in [0.717, 1.165) is 5.56 Å². The number of carbonyl (C=O) groups is 2. The predicted molar refractivity (Wildman–Crippen MR) is 163 cm³/mol. The summed E-state index contributed by atoms with van der Waals surface area (Å²) in [6.45, 7) is 13.8. The van der Waals surface area contributed by atoms with E-state index in [2.05, 4.69) is 36.6 Å². The number of aromatic nitrogens is 3. The Morgan fingerprint density at radius 2 is 1.79 bits per heavy atom. The van der Waals surface area contributed by atoms with Gasteiger partial charge in [-0.25, -0.2) is 14.6 Å². The summed E-state index contributed by atoms with van der Waals surface area (Å²) < 4.78 is 13.5. The SMILES string of the molecule is CO/N=C(\C)[C@@H]1CC[C@H](c2nc3c(C4C=NN(C)C4)cnn3c(NC(=O)OC(C)(C)C)c2Br)CN1C(=O)OC(C)(C)C. The third kappa shape index (κ3) is 7.13. The fourth-order valence-electron chi connectivity index (χ4n) is 5.16. The lowest BCUT2D eigenvalue weighted by molar-refractivity contribution is 0.0140. The molecule has 0 bridgehead atoms. The lowest BCUT2D eigenvalue weighted by Crippen LogP contribution is -2.51. The Morgan fingerprint density at radius 3 is 2.38 bits per heavy atom. The molecule has 0 radical (unpaired) electrons. The third-order valence-electron chi connectivity index (χ3n) is 6.88. The monoisotopic (exact) mass is 648 g/mol. The zero-order valence-electron chi connectivity index (χ0n) is 25.8. The number of halogens is 1. The molecule has 0 spiro atoms. The van der Waals surface area contributed by atoms with Crippen molar-refractivity contribution >= 4 is 51.5 Å². The molecule has 2 amide bonds. The number of amides is 2. The number of likely N-dealkylation sites (N-methyl/N-ethyl adjacent to an activating group) is 1. The second-order valence-corrected chi connectivity index (χ2v) is 13.5. The Hall–Kier alpha value is -3.42. The van der Waals surface area contributed by atoms with Crippen LogP contribution in [0.3, 0.4) is 0 Å². The van der Waals surface area contributed by atoms with Crippen LogP contribution in [-0.4, -0.2) is 93.1 Å². The van der Waals surface area contributed by atoms with E-state index >= 15 is 0 Å². The lowest BCUT2D eigenvalue weighted by Gasteiger charge is -2.40. The quantitative estimate of drug-likeness (QED) is 0.338. The van der Waals surface area contributed by atoms with Crippen LogP contribution in [0.5, 0.6) is 0 Å². The molecule has 0 aliphatic carbocycles. The van der Waals surface area contributed by atoms with Gasteiger partial charge in [0.1, 0.15) is 18.3 Å². The zero-order valence-corrected chi connectivity index (χ0v) is 27.4. The molecular weight excluding hydrogens is 608 g/mol. The van der Waals surface area contributed by atoms with Gasteiger partial charge < -0.3 is 14.3 Å². The van der Waals surface area contributed by atoms with Crippen molar-refractivity contribution in [3.63, 3.8) is 0 Å². The first-order valence-corrected chi connectivity index (χ1v) is 14.8. The number of piperidine rings is 1. The number of nitrogens with one attached hydrogen (secondary N) is 1. The van der Waals surface area contributed by atoms with Gasteiger partial charge in [-0.2, -0.15) is 14.7 Å². The molecule has 1 unspecified atom stereocenters. The number of nitrogens with zero attached hydrogens (tertiary/aromatic N) is 7. The van der Waals surface area contributed by atoms with Gasteiger partial charge in [0.15, 0.2) is 11.5 Å². The molecular formula is C28H41BrN8O5. The van der Waals surface area contributed by atoms with Crippen molar-refractivity contribution in [1.82, 2.24) is 24.5 Å². The normalized spacial score (nSPS) is 21.6. The Labute approximate surface area is 254 Å². The van der Waals surface area contributed by atoms with Crippen LogP contribution in [0.2, 0.25) is 0 Å². The first-order valence-electron chi connectivity index (χ1n) is 14.0. The number of oxime groups is 1. The molecule has 14 heteroatoms. The summed E-state index contributed by atoms with van der Waals surface area (Å²) in [4.78, 5) is 38.2. The van der Waals surface area contributed by atoms with Gasteiger partial charge in [-0.05, 0) is 77.2 Å². The van der Waals surface area contributed by atoms with Crippen molar-refractivity contribution in [2.75, 3.05) is 32.6 Å². The van der Waals surface area contributed by atoms with E-state index in [4.69, 9.17) is 19.3 Å². The summed E-state index contributed by atoms with van der Waals surface area (Å²) >= 11 is 3.72. The number of ether oxygens (including phenoxy) is 2. The van der Waals surface area contributed by atoms with Crippen LogP contribution in [-0.2, 0) is 14.3 Å². The first-order chi connectivity index (χ1) is 19.6. The molecule has 2 aromatic heterocycles. The molecule has 1 N–H and O–H groups in total. The molecule has 0 aromatic carbocycles. The van der Waals surface area contributed by atoms with Crippen molar-refractivity contribution in [2.45, 2.75) is 90.4 Å². The minimum atomic E-state index is -0.695. The van der Waals surface area contributed by atoms with Crippen molar-refractivity contribution in [3.8, 4) is 0 Å². The van der Waals surface area contributed by atoms with Gasteiger partial charge in [0.2, 0.25) is 0 Å². The largest absolute Gasteiger partial charge is 0.444 e. The van der Waals surface area contributed by atoms with Crippen LogP contribution in [0.15, 0.2) is 20.9 Å². The van der Waals surface area contributed by atoms with Crippen LogP contribution in [0.1, 0.15) is 84.4 Å². The molecule has 42 heavy (non-hydrogen) atoms. The molecule has 13 nitrogen and oxygen atoms in total. The Balaban J connectivity index is 1.79.